The van der Waals surface area contributed by atoms with Crippen molar-refractivity contribution in [2.45, 2.75) is 77.2 Å². The molecule has 180 valence electrons. The standard InChI is InChI=1S/C27H39NO4Si/c1-26(2,3)32-25(29)28-23-18-13-19-30-24(23)20-31-33(27(4,5)6,21-14-9-7-10-15-21)22-16-11-8-12-17-22/h7-12,14-17,23-24H,13,18-20H2,1-6H3,(H,28,29). The highest BCUT2D eigenvalue weighted by Crippen LogP contribution is 2.37. The van der Waals surface area contributed by atoms with Gasteiger partial charge in [-0.05, 0) is 49.0 Å². The van der Waals surface area contributed by atoms with Crippen LogP contribution in [0.5, 0.6) is 0 Å². The summed E-state index contributed by atoms with van der Waals surface area (Å²) in [7, 11) is -2.66. The number of ether oxygens (including phenoxy) is 2. The quantitative estimate of drug-likeness (QED) is 0.627. The zero-order valence-electron chi connectivity index (χ0n) is 20.9. The Morgan fingerprint density at radius 1 is 0.970 bits per heavy atom. The van der Waals surface area contributed by atoms with Crippen LogP contribution in [0.3, 0.4) is 0 Å². The Morgan fingerprint density at radius 2 is 1.52 bits per heavy atom. The number of amides is 1. The largest absolute Gasteiger partial charge is 0.444 e. The molecule has 1 aliphatic heterocycles. The number of benzene rings is 2. The molecule has 0 spiro atoms. The molecule has 1 heterocycles. The van der Waals surface area contributed by atoms with Gasteiger partial charge in [-0.1, -0.05) is 81.4 Å². The number of alkyl carbamates (subject to hydrolysis) is 1. The minimum atomic E-state index is -2.66. The topological polar surface area (TPSA) is 56.8 Å². The van der Waals surface area contributed by atoms with E-state index in [1.54, 1.807) is 0 Å². The van der Waals surface area contributed by atoms with Gasteiger partial charge in [0.05, 0.1) is 18.8 Å². The normalized spacial score (nSPS) is 19.7. The minimum Gasteiger partial charge on any atom is -0.444 e. The van der Waals surface area contributed by atoms with Crippen LogP contribution >= 0.6 is 0 Å². The molecule has 1 aliphatic rings. The molecule has 2 atom stereocenters. The van der Waals surface area contributed by atoms with E-state index < -0.39 is 20.0 Å². The van der Waals surface area contributed by atoms with Crippen LogP contribution in [0.25, 0.3) is 0 Å². The van der Waals surface area contributed by atoms with Gasteiger partial charge in [-0.2, -0.15) is 0 Å². The maximum absolute atomic E-state index is 12.5. The first-order chi connectivity index (χ1) is 15.5. The van der Waals surface area contributed by atoms with E-state index in [0.717, 1.165) is 12.8 Å². The Kier molecular flexibility index (Phi) is 8.03. The van der Waals surface area contributed by atoms with Crippen LogP contribution in [-0.4, -0.2) is 45.4 Å². The van der Waals surface area contributed by atoms with Crippen molar-refractivity contribution in [1.82, 2.24) is 5.32 Å². The Hall–Kier alpha value is -2.15. The zero-order chi connectivity index (χ0) is 24.1. The van der Waals surface area contributed by atoms with Crippen molar-refractivity contribution in [3.63, 3.8) is 0 Å². The lowest BCUT2D eigenvalue weighted by atomic mass is 10.0. The smallest absolute Gasteiger partial charge is 0.407 e. The molecule has 0 saturated carbocycles. The predicted molar refractivity (Wildman–Crippen MR) is 136 cm³/mol. The van der Waals surface area contributed by atoms with Crippen LogP contribution < -0.4 is 15.7 Å². The molecular formula is C27H39NO4Si. The highest BCUT2D eigenvalue weighted by Gasteiger charge is 2.50. The van der Waals surface area contributed by atoms with Crippen LogP contribution in [0.1, 0.15) is 54.4 Å². The number of rotatable bonds is 6. The molecule has 0 bridgehead atoms. The van der Waals surface area contributed by atoms with Crippen LogP contribution in [0.2, 0.25) is 5.04 Å². The van der Waals surface area contributed by atoms with Gasteiger partial charge in [0.25, 0.3) is 8.32 Å². The van der Waals surface area contributed by atoms with Crippen LogP contribution in [0.4, 0.5) is 4.79 Å². The summed E-state index contributed by atoms with van der Waals surface area (Å²) in [5, 5.41) is 5.38. The first-order valence-electron chi connectivity index (χ1n) is 11.9. The van der Waals surface area contributed by atoms with Crippen molar-refractivity contribution >= 4 is 24.8 Å². The van der Waals surface area contributed by atoms with Crippen molar-refractivity contribution < 1.29 is 18.7 Å². The highest BCUT2D eigenvalue weighted by atomic mass is 28.4. The molecule has 0 radical (unpaired) electrons. The SMILES string of the molecule is CC(C)(C)OC(=O)NC1CCCOC1CO[Si](c1ccccc1)(c1ccccc1)C(C)(C)C. The van der Waals surface area contributed by atoms with Gasteiger partial charge < -0.3 is 19.2 Å². The highest BCUT2D eigenvalue weighted by molar-refractivity contribution is 6.99. The first-order valence-corrected chi connectivity index (χ1v) is 13.8. The third-order valence-electron chi connectivity index (χ3n) is 6.02. The summed E-state index contributed by atoms with van der Waals surface area (Å²) in [6.45, 7) is 13.5. The average molecular weight is 470 g/mol. The van der Waals surface area contributed by atoms with Crippen molar-refractivity contribution in [3.05, 3.63) is 60.7 Å². The van der Waals surface area contributed by atoms with E-state index in [-0.39, 0.29) is 17.2 Å². The Labute approximate surface area is 200 Å². The second-order valence-electron chi connectivity index (χ2n) is 10.8. The van der Waals surface area contributed by atoms with Crippen molar-refractivity contribution in [2.24, 2.45) is 0 Å². The molecule has 1 saturated heterocycles. The second-order valence-corrected chi connectivity index (χ2v) is 15.1. The van der Waals surface area contributed by atoms with Crippen LogP contribution in [-0.2, 0) is 13.9 Å². The fourth-order valence-electron chi connectivity index (χ4n) is 4.60. The third kappa shape index (κ3) is 6.25. The van der Waals surface area contributed by atoms with E-state index in [1.165, 1.54) is 10.4 Å². The molecule has 33 heavy (non-hydrogen) atoms. The van der Waals surface area contributed by atoms with Crippen LogP contribution in [0, 0.1) is 0 Å². The Morgan fingerprint density at radius 3 is 2.00 bits per heavy atom. The van der Waals surface area contributed by atoms with E-state index in [0.29, 0.717) is 13.2 Å². The molecule has 2 aromatic rings. The second kappa shape index (κ2) is 10.4. The van der Waals surface area contributed by atoms with Gasteiger partial charge in [0, 0.05) is 6.61 Å². The maximum atomic E-state index is 12.5. The third-order valence-corrected chi connectivity index (χ3v) is 11.0. The van der Waals surface area contributed by atoms with Gasteiger partial charge in [0.2, 0.25) is 0 Å². The molecule has 5 nitrogen and oxygen atoms in total. The molecule has 0 aromatic heterocycles. The van der Waals surface area contributed by atoms with Gasteiger partial charge in [-0.3, -0.25) is 0 Å². The molecule has 2 unspecified atom stereocenters. The first kappa shape index (κ1) is 25.5. The summed E-state index contributed by atoms with van der Waals surface area (Å²) in [5.41, 5.74) is -0.541. The van der Waals surface area contributed by atoms with Gasteiger partial charge in [0.1, 0.15) is 5.60 Å². The van der Waals surface area contributed by atoms with Gasteiger partial charge in [-0.25, -0.2) is 4.79 Å². The summed E-state index contributed by atoms with van der Waals surface area (Å²) in [4.78, 5) is 12.5. The molecule has 1 fully saturated rings. The fraction of sp³-hybridized carbons (Fsp3) is 0.519. The number of hydrogen-bond acceptors (Lipinski definition) is 4. The van der Waals surface area contributed by atoms with Gasteiger partial charge >= 0.3 is 6.09 Å². The molecule has 1 amide bonds. The lowest BCUT2D eigenvalue weighted by Crippen LogP contribution is -2.67. The zero-order valence-corrected chi connectivity index (χ0v) is 21.9. The number of nitrogens with one attached hydrogen (secondary N) is 1. The van der Waals surface area contributed by atoms with Gasteiger partial charge in [-0.15, -0.1) is 0 Å². The van der Waals surface area contributed by atoms with E-state index in [4.69, 9.17) is 13.9 Å². The fourth-order valence-corrected chi connectivity index (χ4v) is 9.17. The van der Waals surface area contributed by atoms with E-state index in [1.807, 2.05) is 32.9 Å². The maximum Gasteiger partial charge on any atom is 0.407 e. The molecule has 2 aromatic carbocycles. The number of hydrogen-bond donors (Lipinski definition) is 1. The molecule has 3 rings (SSSR count). The lowest BCUT2D eigenvalue weighted by Gasteiger charge is -2.44. The van der Waals surface area contributed by atoms with Crippen LogP contribution in [0.15, 0.2) is 60.7 Å². The summed E-state index contributed by atoms with van der Waals surface area (Å²) in [6.07, 6.45) is 1.10. The van der Waals surface area contributed by atoms with Crippen molar-refractivity contribution in [1.29, 1.82) is 0 Å². The number of carbonyl (C=O) groups is 1. The average Bonchev–Trinajstić information content (AvgIpc) is 2.74. The predicted octanol–water partition coefficient (Wildman–Crippen LogP) is 4.64. The number of carbonyl (C=O) groups excluding carboxylic acids is 1. The monoisotopic (exact) mass is 469 g/mol. The Balaban J connectivity index is 1.89. The summed E-state index contributed by atoms with van der Waals surface area (Å²) in [5.74, 6) is 0. The molecular weight excluding hydrogens is 430 g/mol. The molecule has 0 aliphatic carbocycles. The lowest BCUT2D eigenvalue weighted by molar-refractivity contribution is -0.0378. The molecule has 6 heteroatoms. The summed E-state index contributed by atoms with van der Waals surface area (Å²) >= 11 is 0. The minimum absolute atomic E-state index is 0.113. The van der Waals surface area contributed by atoms with Crippen molar-refractivity contribution in [2.75, 3.05) is 13.2 Å². The summed E-state index contributed by atoms with van der Waals surface area (Å²) < 4.78 is 18.7. The summed E-state index contributed by atoms with van der Waals surface area (Å²) in [6, 6.07) is 21.0. The van der Waals surface area contributed by atoms with E-state index in [2.05, 4.69) is 74.6 Å². The molecule has 1 N–H and O–H groups in total. The Bertz CT molecular complexity index is 850. The van der Waals surface area contributed by atoms with Gasteiger partial charge in [0.15, 0.2) is 0 Å². The van der Waals surface area contributed by atoms with E-state index in [9.17, 15) is 4.79 Å². The van der Waals surface area contributed by atoms with Crippen molar-refractivity contribution in [3.8, 4) is 0 Å². The van der Waals surface area contributed by atoms with E-state index >= 15 is 0 Å².